The summed E-state index contributed by atoms with van der Waals surface area (Å²) in [7, 11) is 0. The minimum absolute atomic E-state index is 0.0137. The standard InChI is InChI=1S/C9H8ClNS/c10-9-11-8(6-12-9)7-4-2-1-3-5-7/h1-6,9,11H. The number of benzene rings is 1. The third-order valence-electron chi connectivity index (χ3n) is 1.66. The number of thioether (sulfide) groups is 1. The van der Waals surface area contributed by atoms with Gasteiger partial charge in [-0.3, -0.25) is 0 Å². The van der Waals surface area contributed by atoms with Crippen molar-refractivity contribution >= 4 is 29.1 Å². The lowest BCUT2D eigenvalue weighted by molar-refractivity contribution is 1.04. The molecular formula is C9H8ClNS. The molecule has 0 fully saturated rings. The van der Waals surface area contributed by atoms with Crippen molar-refractivity contribution in [2.75, 3.05) is 0 Å². The summed E-state index contributed by atoms with van der Waals surface area (Å²) in [6.07, 6.45) is 0. The Morgan fingerprint density at radius 2 is 2.00 bits per heavy atom. The van der Waals surface area contributed by atoms with Crippen LogP contribution in [0.1, 0.15) is 5.56 Å². The minimum Gasteiger partial charge on any atom is -0.360 e. The van der Waals surface area contributed by atoms with Gasteiger partial charge < -0.3 is 5.32 Å². The van der Waals surface area contributed by atoms with Crippen LogP contribution in [0.2, 0.25) is 0 Å². The van der Waals surface area contributed by atoms with Gasteiger partial charge in [-0.15, -0.1) is 0 Å². The fourth-order valence-corrected chi connectivity index (χ4v) is 2.01. The van der Waals surface area contributed by atoms with Crippen molar-refractivity contribution in [3.63, 3.8) is 0 Å². The maximum atomic E-state index is 5.86. The van der Waals surface area contributed by atoms with E-state index in [4.69, 9.17) is 11.6 Å². The van der Waals surface area contributed by atoms with E-state index in [-0.39, 0.29) is 4.83 Å². The zero-order chi connectivity index (χ0) is 8.39. The Morgan fingerprint density at radius 3 is 2.58 bits per heavy atom. The third kappa shape index (κ3) is 1.59. The maximum Gasteiger partial charge on any atom is 0.152 e. The molecule has 1 atom stereocenters. The summed E-state index contributed by atoms with van der Waals surface area (Å²) in [4.78, 5) is -0.0137. The predicted octanol–water partition coefficient (Wildman–Crippen LogP) is 2.84. The Hall–Kier alpha value is -0.600. The van der Waals surface area contributed by atoms with Crippen LogP contribution in [-0.2, 0) is 0 Å². The van der Waals surface area contributed by atoms with E-state index in [9.17, 15) is 0 Å². The molecule has 0 spiro atoms. The molecule has 1 aliphatic rings. The Kier molecular flexibility index (Phi) is 2.28. The molecule has 0 saturated heterocycles. The van der Waals surface area contributed by atoms with Gasteiger partial charge in [-0.25, -0.2) is 0 Å². The smallest absolute Gasteiger partial charge is 0.152 e. The van der Waals surface area contributed by atoms with Crippen LogP contribution >= 0.6 is 23.4 Å². The fraction of sp³-hybridized carbons (Fsp3) is 0.111. The second kappa shape index (κ2) is 3.42. The highest BCUT2D eigenvalue weighted by Gasteiger charge is 2.13. The molecule has 2 rings (SSSR count). The number of halogens is 1. The lowest BCUT2D eigenvalue weighted by Crippen LogP contribution is -2.12. The highest BCUT2D eigenvalue weighted by Crippen LogP contribution is 2.28. The van der Waals surface area contributed by atoms with Crippen molar-refractivity contribution in [2.45, 2.75) is 4.83 Å². The Morgan fingerprint density at radius 1 is 1.25 bits per heavy atom. The molecule has 0 radical (unpaired) electrons. The molecule has 3 heteroatoms. The molecule has 0 amide bonds. The Labute approximate surface area is 80.8 Å². The zero-order valence-corrected chi connectivity index (χ0v) is 7.90. The molecule has 12 heavy (non-hydrogen) atoms. The first kappa shape index (κ1) is 8.02. The van der Waals surface area contributed by atoms with Gasteiger partial charge in [0.15, 0.2) is 4.83 Å². The molecule has 1 aliphatic heterocycles. The molecule has 1 N–H and O–H groups in total. The van der Waals surface area contributed by atoms with E-state index in [0.29, 0.717) is 0 Å². The molecule has 1 unspecified atom stereocenters. The van der Waals surface area contributed by atoms with Gasteiger partial charge in [0, 0.05) is 5.70 Å². The second-order valence-electron chi connectivity index (χ2n) is 2.49. The first-order chi connectivity index (χ1) is 5.86. The molecule has 0 aromatic heterocycles. The SMILES string of the molecule is ClC1NC(c2ccccc2)=CS1. The summed E-state index contributed by atoms with van der Waals surface area (Å²) in [5.74, 6) is 0. The Balaban J connectivity index is 2.22. The molecule has 1 aromatic carbocycles. The lowest BCUT2D eigenvalue weighted by Gasteiger charge is -2.05. The average Bonchev–Trinajstić information content (AvgIpc) is 2.54. The summed E-state index contributed by atoms with van der Waals surface area (Å²) in [6, 6.07) is 10.2. The van der Waals surface area contributed by atoms with E-state index in [0.717, 1.165) is 5.70 Å². The third-order valence-corrected chi connectivity index (χ3v) is 2.81. The first-order valence-electron chi connectivity index (χ1n) is 3.68. The summed E-state index contributed by atoms with van der Waals surface area (Å²) in [6.45, 7) is 0. The number of alkyl halides is 1. The topological polar surface area (TPSA) is 12.0 Å². The molecular weight excluding hydrogens is 190 g/mol. The molecule has 0 aliphatic carbocycles. The van der Waals surface area contributed by atoms with Crippen LogP contribution in [-0.4, -0.2) is 4.83 Å². The van der Waals surface area contributed by atoms with Gasteiger partial charge in [-0.1, -0.05) is 53.7 Å². The molecule has 0 bridgehead atoms. The Bertz CT molecular complexity index is 297. The quantitative estimate of drug-likeness (QED) is 0.549. The summed E-state index contributed by atoms with van der Waals surface area (Å²) < 4.78 is 0. The highest BCUT2D eigenvalue weighted by molar-refractivity contribution is 8.04. The summed E-state index contributed by atoms with van der Waals surface area (Å²) >= 11 is 7.45. The van der Waals surface area contributed by atoms with Crippen molar-refractivity contribution in [2.24, 2.45) is 0 Å². The lowest BCUT2D eigenvalue weighted by atomic mass is 10.2. The van der Waals surface area contributed by atoms with Crippen LogP contribution in [0.4, 0.5) is 0 Å². The van der Waals surface area contributed by atoms with Crippen LogP contribution in [0.5, 0.6) is 0 Å². The van der Waals surface area contributed by atoms with E-state index < -0.39 is 0 Å². The average molecular weight is 198 g/mol. The number of rotatable bonds is 1. The van der Waals surface area contributed by atoms with Crippen LogP contribution < -0.4 is 5.32 Å². The van der Waals surface area contributed by atoms with Crippen molar-refractivity contribution in [1.82, 2.24) is 5.32 Å². The largest absolute Gasteiger partial charge is 0.360 e. The predicted molar refractivity (Wildman–Crippen MR) is 54.8 cm³/mol. The zero-order valence-electron chi connectivity index (χ0n) is 6.33. The van der Waals surface area contributed by atoms with E-state index in [1.807, 2.05) is 23.6 Å². The fourth-order valence-electron chi connectivity index (χ4n) is 1.09. The summed E-state index contributed by atoms with van der Waals surface area (Å²) in [5, 5.41) is 5.21. The molecule has 62 valence electrons. The normalized spacial score (nSPS) is 21.8. The van der Waals surface area contributed by atoms with Crippen molar-refractivity contribution in [1.29, 1.82) is 0 Å². The van der Waals surface area contributed by atoms with Gasteiger partial charge in [0.25, 0.3) is 0 Å². The summed E-state index contributed by atoms with van der Waals surface area (Å²) in [5.41, 5.74) is 2.30. The van der Waals surface area contributed by atoms with Gasteiger partial charge in [0.1, 0.15) is 0 Å². The van der Waals surface area contributed by atoms with Gasteiger partial charge in [0.2, 0.25) is 0 Å². The highest BCUT2D eigenvalue weighted by atomic mass is 35.5. The number of hydrogen-bond donors (Lipinski definition) is 1. The van der Waals surface area contributed by atoms with Crippen molar-refractivity contribution in [3.05, 3.63) is 41.3 Å². The van der Waals surface area contributed by atoms with Crippen LogP contribution in [0, 0.1) is 0 Å². The molecule has 1 heterocycles. The monoisotopic (exact) mass is 197 g/mol. The van der Waals surface area contributed by atoms with E-state index in [1.54, 1.807) is 11.8 Å². The van der Waals surface area contributed by atoms with E-state index in [2.05, 4.69) is 17.4 Å². The van der Waals surface area contributed by atoms with E-state index >= 15 is 0 Å². The van der Waals surface area contributed by atoms with Crippen molar-refractivity contribution < 1.29 is 0 Å². The molecule has 0 saturated carbocycles. The van der Waals surface area contributed by atoms with Crippen molar-refractivity contribution in [3.8, 4) is 0 Å². The van der Waals surface area contributed by atoms with Gasteiger partial charge in [-0.2, -0.15) is 0 Å². The molecule has 1 aromatic rings. The van der Waals surface area contributed by atoms with Gasteiger partial charge >= 0.3 is 0 Å². The van der Waals surface area contributed by atoms with Gasteiger partial charge in [-0.05, 0) is 11.0 Å². The van der Waals surface area contributed by atoms with E-state index in [1.165, 1.54) is 5.56 Å². The molecule has 1 nitrogen and oxygen atoms in total. The number of hydrogen-bond acceptors (Lipinski definition) is 2. The maximum absolute atomic E-state index is 5.86. The minimum atomic E-state index is -0.0137. The first-order valence-corrected chi connectivity index (χ1v) is 5.06. The van der Waals surface area contributed by atoms with Crippen LogP contribution in [0.25, 0.3) is 5.70 Å². The van der Waals surface area contributed by atoms with Gasteiger partial charge in [0.05, 0.1) is 0 Å². The number of nitrogens with one attached hydrogen (secondary N) is 1. The van der Waals surface area contributed by atoms with Crippen LogP contribution in [0.15, 0.2) is 35.7 Å². The van der Waals surface area contributed by atoms with Crippen LogP contribution in [0.3, 0.4) is 0 Å². The second-order valence-corrected chi connectivity index (χ2v) is 4.17.